The number of fused-ring (bicyclic) bond motifs is 1. The summed E-state index contributed by atoms with van der Waals surface area (Å²) < 4.78 is 4.48. The smallest absolute Gasteiger partial charge is 0.229 e. The molecule has 0 bridgehead atoms. The largest absolute Gasteiger partial charge is 0.505 e. The third-order valence-electron chi connectivity index (χ3n) is 4.66. The number of benzene rings is 3. The molecule has 1 aromatic heterocycles. The summed E-state index contributed by atoms with van der Waals surface area (Å²) >= 11 is 0.725. The molecule has 0 aliphatic heterocycles. The Morgan fingerprint density at radius 2 is 1.32 bits per heavy atom. The molecule has 1 heterocycles. The van der Waals surface area contributed by atoms with Gasteiger partial charge < -0.3 is 14.9 Å². The Kier molecular flexibility index (Phi) is 15.8. The van der Waals surface area contributed by atoms with Crippen LogP contribution in [-0.4, -0.2) is 53.5 Å². The van der Waals surface area contributed by atoms with Gasteiger partial charge >= 0.3 is 0 Å². The van der Waals surface area contributed by atoms with Crippen LogP contribution in [0.15, 0.2) is 75.8 Å². The highest BCUT2D eigenvalue weighted by Gasteiger charge is 2.14. The lowest BCUT2D eigenvalue weighted by Gasteiger charge is -2.14. The summed E-state index contributed by atoms with van der Waals surface area (Å²) in [5, 5.41) is 32.1. The molecule has 0 saturated carbocycles. The summed E-state index contributed by atoms with van der Waals surface area (Å²) in [7, 11) is 7.64. The molecule has 4 rings (SSSR count). The zero-order chi connectivity index (χ0) is 30.1. The maximum atomic E-state index is 10.5. The molecule has 12 heteroatoms. The minimum Gasteiger partial charge on any atom is -0.505 e. The number of aromatic hydroxyl groups is 1. The predicted octanol–water partition coefficient (Wildman–Crippen LogP) is 7.75. The van der Waals surface area contributed by atoms with Gasteiger partial charge in [0.1, 0.15) is 11.5 Å². The Hall–Kier alpha value is -3.84. The number of hydrogen-bond donors (Lipinski definition) is 2. The molecule has 2 N–H and O–H groups in total. The van der Waals surface area contributed by atoms with Crippen LogP contribution >= 0.6 is 12.0 Å². The van der Waals surface area contributed by atoms with Crippen molar-refractivity contribution in [3.63, 3.8) is 0 Å². The molecule has 11 nitrogen and oxygen atoms in total. The van der Waals surface area contributed by atoms with Crippen molar-refractivity contribution in [3.05, 3.63) is 66.5 Å². The fourth-order valence-electron chi connectivity index (χ4n) is 2.96. The lowest BCUT2D eigenvalue weighted by atomic mass is 10.1. The van der Waals surface area contributed by atoms with Crippen LogP contribution in [0.4, 0.5) is 23.3 Å². The van der Waals surface area contributed by atoms with E-state index >= 15 is 0 Å². The first kappa shape index (κ1) is 34.2. The van der Waals surface area contributed by atoms with Crippen LogP contribution in [-0.2, 0) is 9.37 Å². The Bertz CT molecular complexity index is 1300. The van der Waals surface area contributed by atoms with E-state index in [2.05, 4.69) is 34.6 Å². The molecule has 0 spiro atoms. The Balaban J connectivity index is 0.000000401. The van der Waals surface area contributed by atoms with E-state index in [1.807, 2.05) is 109 Å². The molecule has 4 aromatic rings. The van der Waals surface area contributed by atoms with Crippen molar-refractivity contribution in [2.75, 3.05) is 38.0 Å². The summed E-state index contributed by atoms with van der Waals surface area (Å²) in [6.45, 7) is 9.86. The van der Waals surface area contributed by atoms with Gasteiger partial charge in [0, 0.05) is 33.6 Å². The third-order valence-corrected chi connectivity index (χ3v) is 5.28. The van der Waals surface area contributed by atoms with Gasteiger partial charge in [-0.2, -0.15) is 20.1 Å². The van der Waals surface area contributed by atoms with Crippen LogP contribution in [0, 0.1) is 6.92 Å². The molecule has 0 atom stereocenters. The van der Waals surface area contributed by atoms with Crippen molar-refractivity contribution in [2.45, 2.75) is 39.5 Å². The maximum absolute atomic E-state index is 10.5. The van der Waals surface area contributed by atoms with E-state index in [1.165, 1.54) is 0 Å². The molecule has 0 saturated heterocycles. The average Bonchev–Trinajstić information content (AvgIpc) is 2.98. The normalized spacial score (nSPS) is 10.1. The Morgan fingerprint density at radius 3 is 1.88 bits per heavy atom. The van der Waals surface area contributed by atoms with Gasteiger partial charge in [0.25, 0.3) is 0 Å². The molecular weight excluding hydrogens is 530 g/mol. The van der Waals surface area contributed by atoms with Crippen LogP contribution in [0.3, 0.4) is 0 Å². The van der Waals surface area contributed by atoms with Crippen LogP contribution in [0.5, 0.6) is 5.75 Å². The fourth-order valence-corrected chi connectivity index (χ4v) is 3.46. The second-order valence-electron chi connectivity index (χ2n) is 7.83. The molecule has 0 aliphatic carbocycles. The number of anilines is 2. The lowest BCUT2D eigenvalue weighted by molar-refractivity contribution is -0.432. The van der Waals surface area contributed by atoms with Gasteiger partial charge in [-0.25, -0.2) is 5.26 Å². The molecule has 0 radical (unpaired) electrons. The number of azo groups is 1. The van der Waals surface area contributed by atoms with Crippen molar-refractivity contribution >= 4 is 46.1 Å². The van der Waals surface area contributed by atoms with Crippen molar-refractivity contribution in [1.29, 1.82) is 0 Å². The van der Waals surface area contributed by atoms with Gasteiger partial charge in [-0.15, -0.1) is 9.45 Å². The molecule has 216 valence electrons. The van der Waals surface area contributed by atoms with E-state index in [9.17, 15) is 5.11 Å². The number of hydrogen-bond acceptors (Lipinski definition) is 12. The number of phenolic OH excluding ortho intramolecular Hbond substituents is 1. The molecule has 0 unspecified atom stereocenters. The lowest BCUT2D eigenvalue weighted by Crippen LogP contribution is -2.19. The highest BCUT2D eigenvalue weighted by molar-refractivity contribution is 7.94. The van der Waals surface area contributed by atoms with E-state index in [-0.39, 0.29) is 11.4 Å². The molecular formula is C28H39N7O4S. The topological polar surface area (TPSA) is 129 Å². The molecule has 40 heavy (non-hydrogen) atoms. The van der Waals surface area contributed by atoms with Gasteiger partial charge in [0.15, 0.2) is 5.75 Å². The van der Waals surface area contributed by atoms with E-state index in [4.69, 9.17) is 5.26 Å². The van der Waals surface area contributed by atoms with E-state index < -0.39 is 0 Å². The molecule has 0 aliphatic rings. The van der Waals surface area contributed by atoms with Gasteiger partial charge in [0.2, 0.25) is 11.9 Å². The van der Waals surface area contributed by atoms with Gasteiger partial charge in [0.05, 0.1) is 22.6 Å². The fraction of sp³-hybridized carbons (Fsp3) is 0.321. The minimum atomic E-state index is -0.0215. The van der Waals surface area contributed by atoms with Crippen LogP contribution in [0.1, 0.15) is 33.5 Å². The zero-order valence-corrected chi connectivity index (χ0v) is 25.3. The van der Waals surface area contributed by atoms with E-state index in [1.54, 1.807) is 24.3 Å². The standard InChI is InChI=1S/C16H12N2O4S.C8H15N5.2C2H6/c19-16-13-9-5-4-6-11(13)10-14(23-22-21-20)15(16)18-17-12-7-2-1-3-8-12;1-6-9-7(12(2)3)11-8(10-6)13(4)5;2*1-2/h1-10,19-20H;1-5H3;2*1-2H3. The Morgan fingerprint density at radius 1 is 0.775 bits per heavy atom. The Labute approximate surface area is 240 Å². The number of rotatable bonds is 7. The summed E-state index contributed by atoms with van der Waals surface area (Å²) in [6, 6.07) is 18.2. The van der Waals surface area contributed by atoms with Gasteiger partial charge in [-0.05, 0) is 30.5 Å². The second-order valence-corrected chi connectivity index (χ2v) is 8.57. The number of phenols is 1. The summed E-state index contributed by atoms with van der Waals surface area (Å²) in [6.07, 6.45) is 0. The van der Waals surface area contributed by atoms with Crippen LogP contribution < -0.4 is 9.80 Å². The SMILES string of the molecule is CC.CC.Cc1nc(N(C)C)nc(N(C)C)n1.OOOSc1cc2ccccc2c(O)c1N=Nc1ccccc1. The summed E-state index contributed by atoms with van der Waals surface area (Å²) in [5.41, 5.74) is 0.880. The first-order valence-corrected chi connectivity index (χ1v) is 13.5. The first-order valence-electron chi connectivity index (χ1n) is 12.7. The van der Waals surface area contributed by atoms with E-state index in [0.717, 1.165) is 23.3 Å². The third kappa shape index (κ3) is 10.4. The molecule has 0 fully saturated rings. The monoisotopic (exact) mass is 569 g/mol. The van der Waals surface area contributed by atoms with Crippen LogP contribution in [0.25, 0.3) is 10.8 Å². The number of aryl methyl sites for hydroxylation is 1. The van der Waals surface area contributed by atoms with Crippen molar-refractivity contribution in [1.82, 2.24) is 15.0 Å². The highest BCUT2D eigenvalue weighted by atomic mass is 32.2. The highest BCUT2D eigenvalue weighted by Crippen LogP contribution is 2.43. The van der Waals surface area contributed by atoms with Crippen molar-refractivity contribution in [2.24, 2.45) is 10.2 Å². The molecule has 0 amide bonds. The second kappa shape index (κ2) is 18.4. The van der Waals surface area contributed by atoms with Gasteiger partial charge in [-0.3, -0.25) is 0 Å². The van der Waals surface area contributed by atoms with Crippen molar-refractivity contribution in [3.8, 4) is 5.75 Å². The number of nitrogens with zero attached hydrogens (tertiary/aromatic N) is 7. The summed E-state index contributed by atoms with van der Waals surface area (Å²) in [4.78, 5) is 16.8. The first-order chi connectivity index (χ1) is 19.3. The van der Waals surface area contributed by atoms with Gasteiger partial charge in [-0.1, -0.05) is 75.2 Å². The zero-order valence-electron chi connectivity index (χ0n) is 24.5. The predicted molar refractivity (Wildman–Crippen MR) is 163 cm³/mol. The maximum Gasteiger partial charge on any atom is 0.229 e. The summed E-state index contributed by atoms with van der Waals surface area (Å²) in [5.74, 6) is 2.10. The quantitative estimate of drug-likeness (QED) is 0.0986. The van der Waals surface area contributed by atoms with Crippen molar-refractivity contribution < 1.29 is 19.7 Å². The molecule has 3 aromatic carbocycles. The average molecular weight is 570 g/mol. The minimum absolute atomic E-state index is 0.0215. The van der Waals surface area contributed by atoms with Crippen LogP contribution in [0.2, 0.25) is 0 Å². The van der Waals surface area contributed by atoms with E-state index in [0.29, 0.717) is 27.9 Å². The number of aromatic nitrogens is 3.